The van der Waals surface area contributed by atoms with Crippen LogP contribution in [0.15, 0.2) is 29.2 Å². The number of fused-ring (bicyclic) bond motifs is 1. The zero-order chi connectivity index (χ0) is 15.1. The van der Waals surface area contributed by atoms with Gasteiger partial charge in [-0.25, -0.2) is 9.59 Å². The number of hydrogen-bond acceptors (Lipinski definition) is 4. The maximum absolute atomic E-state index is 11.4. The van der Waals surface area contributed by atoms with E-state index < -0.39 is 38.1 Å². The van der Waals surface area contributed by atoms with Crippen LogP contribution in [0.3, 0.4) is 0 Å². The van der Waals surface area contributed by atoms with Gasteiger partial charge in [0, 0.05) is 11.5 Å². The van der Waals surface area contributed by atoms with Crippen LogP contribution in [-0.2, 0) is 10.1 Å². The smallest absolute Gasteiger partial charge is 0.338 e. The molecule has 0 bridgehead atoms. The Kier molecular flexibility index (Phi) is 3.20. The summed E-state index contributed by atoms with van der Waals surface area (Å²) < 4.78 is 32.1. The Hall–Kier alpha value is -2.45. The van der Waals surface area contributed by atoms with Crippen molar-refractivity contribution in [1.82, 2.24) is 0 Å². The molecule has 0 atom stereocenters. The first-order chi connectivity index (χ1) is 9.23. The van der Waals surface area contributed by atoms with Gasteiger partial charge in [-0.3, -0.25) is 4.55 Å². The summed E-state index contributed by atoms with van der Waals surface area (Å²) in [5.41, 5.74) is -1.84. The first-order valence-electron chi connectivity index (χ1n) is 5.15. The fourth-order valence-electron chi connectivity index (χ4n) is 1.87. The molecule has 0 aromatic heterocycles. The van der Waals surface area contributed by atoms with Gasteiger partial charge in [0.1, 0.15) is 4.90 Å². The molecule has 2 aromatic rings. The highest BCUT2D eigenvalue weighted by Crippen LogP contribution is 2.29. The Morgan fingerprint density at radius 3 is 2.15 bits per heavy atom. The first kappa shape index (κ1) is 14.0. The molecule has 103 valence electrons. The lowest BCUT2D eigenvalue weighted by Gasteiger charge is -2.10. The summed E-state index contributed by atoms with van der Waals surface area (Å²) in [6.45, 7) is 0. The molecule has 8 heteroatoms. The predicted molar refractivity (Wildman–Crippen MR) is 66.5 cm³/mol. The van der Waals surface area contributed by atoms with Crippen molar-refractivity contribution in [3.05, 3.63) is 41.5 Å². The van der Waals surface area contributed by atoms with E-state index in [0.717, 1.165) is 0 Å². The van der Waals surface area contributed by atoms with Crippen LogP contribution < -0.4 is 0 Å². The molecule has 2 rings (SSSR count). The molecule has 0 unspecified atom stereocenters. The molecule has 7 nitrogen and oxygen atoms in total. The maximum atomic E-state index is 11.4. The molecule has 0 heterocycles. The number of carboxylic acids is 2. The summed E-state index contributed by atoms with van der Waals surface area (Å²) >= 11 is 0. The summed E-state index contributed by atoms with van der Waals surface area (Å²) in [5, 5.41) is 18.0. The molecule has 0 spiro atoms. The van der Waals surface area contributed by atoms with Gasteiger partial charge in [0.25, 0.3) is 10.1 Å². The van der Waals surface area contributed by atoms with Gasteiger partial charge in [0.2, 0.25) is 0 Å². The van der Waals surface area contributed by atoms with Crippen molar-refractivity contribution in [2.45, 2.75) is 4.90 Å². The van der Waals surface area contributed by atoms with Gasteiger partial charge in [-0.15, -0.1) is 0 Å². The second-order valence-electron chi connectivity index (χ2n) is 3.84. The number of aromatic carboxylic acids is 2. The number of carboxylic acid groups (broad SMARTS) is 2. The average molecular weight is 295 g/mol. The van der Waals surface area contributed by atoms with Gasteiger partial charge >= 0.3 is 11.9 Å². The van der Waals surface area contributed by atoms with Crippen LogP contribution in [0.25, 0.3) is 10.8 Å². The van der Waals surface area contributed by atoms with Gasteiger partial charge < -0.3 is 10.2 Å². The van der Waals surface area contributed by atoms with Crippen molar-refractivity contribution >= 4 is 32.8 Å². The predicted octanol–water partition coefficient (Wildman–Crippen LogP) is 1.28. The van der Waals surface area contributed by atoms with Crippen LogP contribution in [0.4, 0.5) is 0 Å². The molecule has 0 aliphatic carbocycles. The van der Waals surface area contributed by atoms with Crippen LogP contribution in [0.5, 0.6) is 0 Å². The van der Waals surface area contributed by atoms with Gasteiger partial charge in [0.15, 0.2) is 0 Å². The molecule has 1 radical (unpaired) electrons. The second-order valence-corrected chi connectivity index (χ2v) is 5.19. The second kappa shape index (κ2) is 4.58. The zero-order valence-electron chi connectivity index (χ0n) is 9.69. The molecule has 3 N–H and O–H groups in total. The third-order valence-corrected chi connectivity index (χ3v) is 3.53. The summed E-state index contributed by atoms with van der Waals surface area (Å²) in [6, 6.07) is 7.88. The standard InChI is InChI=1S/C12H7O7S/c13-11(14)8-5-6-3-1-2-4-7(6)10(20(17,18)19)9(8)12(15)16/h1-4H,(H,13,14)(H,15,16)(H,17,18,19). The van der Waals surface area contributed by atoms with Crippen LogP contribution in [-0.4, -0.2) is 35.1 Å². The van der Waals surface area contributed by atoms with Crippen LogP contribution in [0, 0.1) is 6.07 Å². The molecule has 0 aliphatic heterocycles. The van der Waals surface area contributed by atoms with Gasteiger partial charge in [-0.05, 0) is 5.39 Å². The van der Waals surface area contributed by atoms with Crippen molar-refractivity contribution < 1.29 is 32.8 Å². The molecule has 0 fully saturated rings. The Labute approximate surface area is 112 Å². The lowest BCUT2D eigenvalue weighted by atomic mass is 10.0. The van der Waals surface area contributed by atoms with Crippen molar-refractivity contribution in [2.24, 2.45) is 0 Å². The minimum atomic E-state index is -4.93. The van der Waals surface area contributed by atoms with Crippen LogP contribution >= 0.6 is 0 Å². The van der Waals surface area contributed by atoms with E-state index in [1.54, 1.807) is 0 Å². The van der Waals surface area contributed by atoms with Gasteiger partial charge in [0.05, 0.1) is 11.1 Å². The number of benzene rings is 2. The lowest BCUT2D eigenvalue weighted by molar-refractivity contribution is 0.0648. The highest BCUT2D eigenvalue weighted by molar-refractivity contribution is 7.86. The van der Waals surface area contributed by atoms with E-state index in [9.17, 15) is 22.6 Å². The Morgan fingerprint density at radius 2 is 1.65 bits per heavy atom. The van der Waals surface area contributed by atoms with Crippen molar-refractivity contribution in [2.75, 3.05) is 0 Å². The van der Waals surface area contributed by atoms with E-state index in [4.69, 9.17) is 10.2 Å². The number of rotatable bonds is 3. The minimum absolute atomic E-state index is 0.0718. The molecule has 0 saturated heterocycles. The van der Waals surface area contributed by atoms with Gasteiger partial charge in [-0.1, -0.05) is 24.3 Å². The summed E-state index contributed by atoms with van der Waals surface area (Å²) in [5.74, 6) is -3.44. The largest absolute Gasteiger partial charge is 0.478 e. The fraction of sp³-hybridized carbons (Fsp3) is 0. The van der Waals surface area contributed by atoms with E-state index in [2.05, 4.69) is 6.07 Å². The molecule has 2 aromatic carbocycles. The van der Waals surface area contributed by atoms with Crippen LogP contribution in [0.2, 0.25) is 0 Å². The van der Waals surface area contributed by atoms with E-state index in [1.807, 2.05) is 0 Å². The molecule has 20 heavy (non-hydrogen) atoms. The summed E-state index contributed by atoms with van der Waals surface area (Å²) in [6.07, 6.45) is 0. The summed E-state index contributed by atoms with van der Waals surface area (Å²) in [7, 11) is -4.93. The van der Waals surface area contributed by atoms with E-state index in [1.165, 1.54) is 24.3 Å². The van der Waals surface area contributed by atoms with Crippen molar-refractivity contribution in [3.8, 4) is 0 Å². The van der Waals surface area contributed by atoms with E-state index >= 15 is 0 Å². The Bertz CT molecular complexity index is 836. The molecule has 0 aliphatic rings. The quantitative estimate of drug-likeness (QED) is 0.727. The molecular weight excluding hydrogens is 288 g/mol. The summed E-state index contributed by atoms with van der Waals surface area (Å²) in [4.78, 5) is 21.3. The monoisotopic (exact) mass is 295 g/mol. The first-order valence-corrected chi connectivity index (χ1v) is 6.59. The Balaban J connectivity index is 3.15. The molecular formula is C12H7O7S. The highest BCUT2D eigenvalue weighted by Gasteiger charge is 2.29. The third-order valence-electron chi connectivity index (χ3n) is 2.59. The van der Waals surface area contributed by atoms with Crippen molar-refractivity contribution in [3.63, 3.8) is 0 Å². The van der Waals surface area contributed by atoms with Gasteiger partial charge in [-0.2, -0.15) is 8.42 Å². The average Bonchev–Trinajstić information content (AvgIpc) is 2.34. The normalized spacial score (nSPS) is 11.4. The SMILES string of the molecule is O=C(O)c1[c]c2ccccc2c(S(=O)(=O)O)c1C(=O)O. The Morgan fingerprint density at radius 1 is 1.05 bits per heavy atom. The van der Waals surface area contributed by atoms with Crippen LogP contribution in [0.1, 0.15) is 20.7 Å². The number of hydrogen-bond donors (Lipinski definition) is 3. The topological polar surface area (TPSA) is 129 Å². The third kappa shape index (κ3) is 2.22. The lowest BCUT2D eigenvalue weighted by Crippen LogP contribution is -2.15. The number of carbonyl (C=O) groups is 2. The molecule has 0 saturated carbocycles. The van der Waals surface area contributed by atoms with Crippen molar-refractivity contribution in [1.29, 1.82) is 0 Å². The fourth-order valence-corrected chi connectivity index (χ4v) is 2.77. The minimum Gasteiger partial charge on any atom is -0.478 e. The highest BCUT2D eigenvalue weighted by atomic mass is 32.2. The molecule has 0 amide bonds. The van der Waals surface area contributed by atoms with E-state index in [0.29, 0.717) is 0 Å². The van der Waals surface area contributed by atoms with E-state index in [-0.39, 0.29) is 10.8 Å². The zero-order valence-corrected chi connectivity index (χ0v) is 10.5. The maximum Gasteiger partial charge on any atom is 0.338 e.